The summed E-state index contributed by atoms with van der Waals surface area (Å²) in [6, 6.07) is 27.2. The summed E-state index contributed by atoms with van der Waals surface area (Å²) in [6.07, 6.45) is -0.288. The first-order valence-corrected chi connectivity index (χ1v) is 25.4. The van der Waals surface area contributed by atoms with Gasteiger partial charge in [0, 0.05) is 23.5 Å². The molecule has 3 atom stereocenters. The number of nitrogens with one attached hydrogen (secondary N) is 3. The summed E-state index contributed by atoms with van der Waals surface area (Å²) in [4.78, 5) is 93.1. The second-order valence-corrected chi connectivity index (χ2v) is 21.4. The number of methoxy groups -OCH3 is 1. The number of β-lactam (4-membered cyclic amide) rings is 1. The third-order valence-corrected chi connectivity index (χ3v) is 13.2. The van der Waals surface area contributed by atoms with Crippen molar-refractivity contribution in [2.24, 2.45) is 5.16 Å². The monoisotopic (exact) mass is 1070 g/mol. The Morgan fingerprint density at radius 3 is 2.03 bits per heavy atom. The van der Waals surface area contributed by atoms with Crippen LogP contribution in [0.4, 0.5) is 20.4 Å². The van der Waals surface area contributed by atoms with E-state index in [1.807, 2.05) is 60.7 Å². The summed E-state index contributed by atoms with van der Waals surface area (Å²) in [5.74, 6) is -2.39. The Bertz CT molecular complexity index is 2890. The number of fused-ring (bicyclic) bond motifs is 1. The molecule has 2 aliphatic heterocycles. The van der Waals surface area contributed by atoms with Crippen LogP contribution < -0.4 is 25.3 Å². The summed E-state index contributed by atoms with van der Waals surface area (Å²) in [5, 5.41) is 11.1. The summed E-state index contributed by atoms with van der Waals surface area (Å²) in [6.45, 7) is 11.7. The number of thiazole rings is 1. The van der Waals surface area contributed by atoms with Gasteiger partial charge < -0.3 is 33.8 Å². The van der Waals surface area contributed by atoms with Crippen molar-refractivity contribution in [3.8, 4) is 5.75 Å². The SMILES string of the molecule is COc1ccc(COC(=O)C2=C(C[n+]3ccc(NC(=O)OC(C)(C)C)cc3)CSC3C(NC(=O)C(=NO[C@H](C)C(=O)OC(c4ccccc4)c4ccccc4)c4nc(NC(=O)OC(C)(C)C)sc4Cl)C(=O)N23)cc1. The number of benzene rings is 3. The van der Waals surface area contributed by atoms with Crippen molar-refractivity contribution in [2.45, 2.75) is 96.4 Å². The summed E-state index contributed by atoms with van der Waals surface area (Å²) in [5.41, 5.74) is 0.712. The molecule has 0 bridgehead atoms. The summed E-state index contributed by atoms with van der Waals surface area (Å²) >= 11 is 8.76. The molecule has 1 saturated heterocycles. The largest absolute Gasteiger partial charge is 0.497 e. The minimum atomic E-state index is -1.40. The zero-order valence-electron chi connectivity index (χ0n) is 41.7. The van der Waals surface area contributed by atoms with Crippen molar-refractivity contribution >= 4 is 87.2 Å². The van der Waals surface area contributed by atoms with Gasteiger partial charge in [0.15, 0.2) is 35.9 Å². The van der Waals surface area contributed by atoms with Crippen molar-refractivity contribution in [3.05, 3.63) is 147 Å². The van der Waals surface area contributed by atoms with Crippen LogP contribution >= 0.6 is 34.7 Å². The number of aromatic nitrogens is 2. The van der Waals surface area contributed by atoms with E-state index >= 15 is 0 Å². The quantitative estimate of drug-likeness (QED) is 0.0199. The fourth-order valence-corrected chi connectivity index (χ4v) is 9.65. The maximum atomic E-state index is 14.5. The number of ether oxygens (including phenoxy) is 5. The van der Waals surface area contributed by atoms with Crippen LogP contribution in [0.3, 0.4) is 0 Å². The van der Waals surface area contributed by atoms with Gasteiger partial charge in [-0.1, -0.05) is 101 Å². The first-order chi connectivity index (χ1) is 35.2. The van der Waals surface area contributed by atoms with E-state index in [-0.39, 0.29) is 39.8 Å². The Balaban J connectivity index is 1.14. The van der Waals surface area contributed by atoms with Crippen molar-refractivity contribution in [1.29, 1.82) is 0 Å². The molecule has 0 aliphatic carbocycles. The number of anilines is 2. The van der Waals surface area contributed by atoms with Crippen LogP contribution in [-0.4, -0.2) is 93.1 Å². The number of pyridine rings is 1. The second kappa shape index (κ2) is 23.6. The molecule has 0 saturated carbocycles. The molecule has 1 fully saturated rings. The van der Waals surface area contributed by atoms with Gasteiger partial charge in [-0.05, 0) is 77.3 Å². The number of hydrogen-bond acceptors (Lipinski definition) is 16. The van der Waals surface area contributed by atoms with E-state index in [2.05, 4.69) is 26.1 Å². The number of carbonyl (C=O) groups excluding carboxylic acids is 6. The highest BCUT2D eigenvalue weighted by molar-refractivity contribution is 8.00. The molecular weight excluding hydrogens is 1010 g/mol. The van der Waals surface area contributed by atoms with Crippen LogP contribution in [-0.2, 0) is 56.1 Å². The fraction of sp³-hybridized carbons (Fsp3) is 0.327. The lowest BCUT2D eigenvalue weighted by Gasteiger charge is -2.49. The van der Waals surface area contributed by atoms with Crippen LogP contribution in [0, 0.1) is 0 Å². The Morgan fingerprint density at radius 1 is 0.851 bits per heavy atom. The molecule has 74 heavy (non-hydrogen) atoms. The molecule has 3 N–H and O–H groups in total. The molecule has 0 radical (unpaired) electrons. The minimum absolute atomic E-state index is 0.00417. The lowest BCUT2D eigenvalue weighted by atomic mass is 10.0. The van der Waals surface area contributed by atoms with E-state index in [0.717, 1.165) is 11.3 Å². The highest BCUT2D eigenvalue weighted by Gasteiger charge is 2.55. The molecule has 2 unspecified atom stereocenters. The standard InChI is InChI=1S/C52H54ClN7O12S2/c1-30(46(63)69-41(32-15-11-9-12-16-32)33-17-13-10-14-18-33)72-58-38(37-42(53)74-48(56-37)57-50(66)71-52(5,6)7)43(61)55-39-44(62)60-40(47(64)68-28-31-19-21-36(67-8)22-20-31)34(29-73-45(39)60)27-59-25-23-35(24-26-59)54-49(65)70-51(2,3)4/h9-26,30,39,41,45H,27-29H2,1-8H3,(H2,55,56,57,61,66)/p+1/t30-,39?,45?/m1/s1. The van der Waals surface area contributed by atoms with Gasteiger partial charge in [0.05, 0.1) is 12.8 Å². The summed E-state index contributed by atoms with van der Waals surface area (Å²) in [7, 11) is 1.54. The number of esters is 2. The zero-order chi connectivity index (χ0) is 53.3. The Morgan fingerprint density at radius 2 is 1.45 bits per heavy atom. The van der Waals surface area contributed by atoms with Crippen molar-refractivity contribution in [1.82, 2.24) is 15.2 Å². The Hall–Kier alpha value is -7.49. The third-order valence-electron chi connectivity index (χ3n) is 10.7. The predicted molar refractivity (Wildman–Crippen MR) is 276 cm³/mol. The normalized spacial score (nSPS) is 16.0. The first kappa shape index (κ1) is 54.3. The minimum Gasteiger partial charge on any atom is -0.497 e. The van der Waals surface area contributed by atoms with Gasteiger partial charge in [-0.2, -0.15) is 0 Å². The maximum absolute atomic E-state index is 14.5. The average molecular weight is 1070 g/mol. The van der Waals surface area contributed by atoms with Crippen LogP contribution in [0.1, 0.15) is 77.0 Å². The first-order valence-electron chi connectivity index (χ1n) is 23.1. The number of hydrogen-bond donors (Lipinski definition) is 3. The lowest BCUT2D eigenvalue weighted by Crippen LogP contribution is -2.71. The molecule has 5 aromatic rings. The molecule has 388 valence electrons. The molecule has 2 aromatic heterocycles. The van der Waals surface area contributed by atoms with Gasteiger partial charge in [-0.15, -0.1) is 11.8 Å². The fourth-order valence-electron chi connectivity index (χ4n) is 7.28. The molecule has 4 amide bonds. The number of oxime groups is 1. The lowest BCUT2D eigenvalue weighted by molar-refractivity contribution is -0.688. The van der Waals surface area contributed by atoms with Crippen LogP contribution in [0.5, 0.6) is 5.75 Å². The maximum Gasteiger partial charge on any atom is 0.413 e. The topological polar surface area (TPSA) is 226 Å². The van der Waals surface area contributed by atoms with Crippen LogP contribution in [0.15, 0.2) is 126 Å². The van der Waals surface area contributed by atoms with Crippen molar-refractivity contribution in [3.63, 3.8) is 0 Å². The number of thioether (sulfide) groups is 1. The molecule has 19 nitrogen and oxygen atoms in total. The summed E-state index contributed by atoms with van der Waals surface area (Å²) < 4.78 is 29.4. The van der Waals surface area contributed by atoms with Crippen LogP contribution in [0.25, 0.3) is 0 Å². The molecule has 2 aliphatic rings. The second-order valence-electron chi connectivity index (χ2n) is 18.7. The van der Waals surface area contributed by atoms with Gasteiger partial charge >= 0.3 is 24.1 Å². The molecule has 0 spiro atoms. The number of halogens is 1. The van der Waals surface area contributed by atoms with E-state index in [0.29, 0.717) is 33.7 Å². The third kappa shape index (κ3) is 14.2. The highest BCUT2D eigenvalue weighted by Crippen LogP contribution is 2.41. The van der Waals surface area contributed by atoms with E-state index in [4.69, 9.17) is 40.1 Å². The van der Waals surface area contributed by atoms with Crippen LogP contribution in [0.2, 0.25) is 4.34 Å². The smallest absolute Gasteiger partial charge is 0.413 e. The average Bonchev–Trinajstić information content (AvgIpc) is 3.72. The number of carbonyl (C=O) groups is 6. The van der Waals surface area contributed by atoms with E-state index in [1.165, 1.54) is 30.7 Å². The van der Waals surface area contributed by atoms with Crippen molar-refractivity contribution < 1.29 is 61.9 Å². The van der Waals surface area contributed by atoms with Gasteiger partial charge in [0.2, 0.25) is 6.10 Å². The van der Waals surface area contributed by atoms with E-state index < -0.39 is 76.5 Å². The van der Waals surface area contributed by atoms with Gasteiger partial charge in [-0.3, -0.25) is 25.1 Å². The molecule has 3 aromatic carbocycles. The Kier molecular flexibility index (Phi) is 17.3. The number of nitrogens with zero attached hydrogens (tertiary/aromatic N) is 4. The highest BCUT2D eigenvalue weighted by atomic mass is 35.5. The van der Waals surface area contributed by atoms with Gasteiger partial charge in [0.1, 0.15) is 50.7 Å². The Labute approximate surface area is 440 Å². The predicted octanol–water partition coefficient (Wildman–Crippen LogP) is 8.33. The van der Waals surface area contributed by atoms with Crippen molar-refractivity contribution in [2.75, 3.05) is 23.5 Å². The molecule has 22 heteroatoms. The van der Waals surface area contributed by atoms with Gasteiger partial charge in [0.25, 0.3) is 11.8 Å². The zero-order valence-corrected chi connectivity index (χ0v) is 44.1. The molecule has 4 heterocycles. The molecular formula is C52H55ClN7O12S2+. The number of amides is 4. The van der Waals surface area contributed by atoms with Gasteiger partial charge in [-0.25, -0.2) is 28.7 Å². The molecule has 7 rings (SSSR count). The van der Waals surface area contributed by atoms with E-state index in [9.17, 15) is 28.8 Å². The van der Waals surface area contributed by atoms with E-state index in [1.54, 1.807) is 94.9 Å². The number of rotatable bonds is 17.